The van der Waals surface area contributed by atoms with Gasteiger partial charge in [0.25, 0.3) is 0 Å². The van der Waals surface area contributed by atoms with Crippen LogP contribution in [0.4, 0.5) is 0 Å². The number of hydrogen-bond donors (Lipinski definition) is 0. The van der Waals surface area contributed by atoms with Gasteiger partial charge in [0.2, 0.25) is 0 Å². The molecule has 0 saturated heterocycles. The minimum absolute atomic E-state index is 0.737. The van der Waals surface area contributed by atoms with Crippen LogP contribution in [-0.2, 0) is 6.42 Å². The maximum Gasteiger partial charge on any atom is 0.119 e. The Balaban J connectivity index is 2.74. The van der Waals surface area contributed by atoms with Crippen LogP contribution in [0.2, 0.25) is 0 Å². The van der Waals surface area contributed by atoms with Gasteiger partial charge in [-0.2, -0.15) is 0 Å². The van der Waals surface area contributed by atoms with E-state index in [1.807, 2.05) is 13.0 Å². The number of hydrogen-bond acceptors (Lipinski definition) is 1. The second-order valence-corrected chi connectivity index (χ2v) is 4.11. The van der Waals surface area contributed by atoms with Gasteiger partial charge in [-0.3, -0.25) is 0 Å². The van der Waals surface area contributed by atoms with E-state index < -0.39 is 0 Å². The second kappa shape index (κ2) is 6.07. The predicted octanol–water partition coefficient (Wildman–Crippen LogP) is 3.72. The van der Waals surface area contributed by atoms with E-state index in [2.05, 4.69) is 35.0 Å². The highest BCUT2D eigenvalue weighted by atomic mass is 79.9. The van der Waals surface area contributed by atoms with Gasteiger partial charge in [-0.1, -0.05) is 22.0 Å². The lowest BCUT2D eigenvalue weighted by Gasteiger charge is -2.08. The maximum absolute atomic E-state index is 5.47. The molecule has 0 aromatic heterocycles. The third kappa shape index (κ3) is 3.33. The summed E-state index contributed by atoms with van der Waals surface area (Å²) >= 11 is 3.45. The quantitative estimate of drug-likeness (QED) is 0.730. The third-order valence-corrected chi connectivity index (χ3v) is 2.77. The molecular weight excluding hydrogens is 240 g/mol. The van der Waals surface area contributed by atoms with Gasteiger partial charge in [0.15, 0.2) is 0 Å². The van der Waals surface area contributed by atoms with Crippen molar-refractivity contribution in [2.45, 2.75) is 26.7 Å². The Kier molecular flexibility index (Phi) is 5.02. The number of aryl methyl sites for hydroxylation is 2. The highest BCUT2D eigenvalue weighted by Gasteiger charge is 2.00. The lowest BCUT2D eigenvalue weighted by Crippen LogP contribution is -1.95. The zero-order valence-electron chi connectivity index (χ0n) is 8.85. The molecule has 0 heterocycles. The van der Waals surface area contributed by atoms with Crippen LogP contribution in [0.15, 0.2) is 18.2 Å². The number of alkyl halides is 1. The molecule has 1 aromatic rings. The van der Waals surface area contributed by atoms with E-state index in [0.717, 1.165) is 24.1 Å². The van der Waals surface area contributed by atoms with Crippen molar-refractivity contribution in [1.82, 2.24) is 0 Å². The lowest BCUT2D eigenvalue weighted by molar-refractivity contribution is 0.340. The Hall–Kier alpha value is -0.500. The van der Waals surface area contributed by atoms with E-state index in [-0.39, 0.29) is 0 Å². The first-order valence-electron chi connectivity index (χ1n) is 5.06. The molecular formula is C12H17BrO. The van der Waals surface area contributed by atoms with Crippen LogP contribution in [0, 0.1) is 6.92 Å². The van der Waals surface area contributed by atoms with Crippen LogP contribution in [0.25, 0.3) is 0 Å². The first-order valence-corrected chi connectivity index (χ1v) is 6.18. The monoisotopic (exact) mass is 256 g/mol. The van der Waals surface area contributed by atoms with Crippen LogP contribution in [0.3, 0.4) is 0 Å². The van der Waals surface area contributed by atoms with Crippen molar-refractivity contribution in [1.29, 1.82) is 0 Å². The summed E-state index contributed by atoms with van der Waals surface area (Å²) in [5.41, 5.74) is 2.75. The van der Waals surface area contributed by atoms with Gasteiger partial charge >= 0.3 is 0 Å². The molecule has 0 radical (unpaired) electrons. The fourth-order valence-electron chi connectivity index (χ4n) is 1.43. The lowest BCUT2D eigenvalue weighted by atomic mass is 10.0. The van der Waals surface area contributed by atoms with Crippen LogP contribution in [0.5, 0.6) is 5.75 Å². The van der Waals surface area contributed by atoms with Crippen LogP contribution < -0.4 is 4.74 Å². The van der Waals surface area contributed by atoms with Gasteiger partial charge in [-0.25, -0.2) is 0 Å². The largest absolute Gasteiger partial charge is 0.494 e. The zero-order valence-corrected chi connectivity index (χ0v) is 10.4. The topological polar surface area (TPSA) is 9.23 Å². The van der Waals surface area contributed by atoms with Gasteiger partial charge in [0.1, 0.15) is 5.75 Å². The van der Waals surface area contributed by atoms with Gasteiger partial charge in [0, 0.05) is 5.33 Å². The van der Waals surface area contributed by atoms with Crippen molar-refractivity contribution in [3.05, 3.63) is 29.3 Å². The molecule has 78 valence electrons. The molecule has 0 aliphatic rings. The van der Waals surface area contributed by atoms with Crippen molar-refractivity contribution in [3.63, 3.8) is 0 Å². The summed E-state index contributed by atoms with van der Waals surface area (Å²) in [6.45, 7) is 4.90. The van der Waals surface area contributed by atoms with E-state index >= 15 is 0 Å². The summed E-state index contributed by atoms with van der Waals surface area (Å²) in [5, 5.41) is 1.06. The number of ether oxygens (including phenoxy) is 1. The van der Waals surface area contributed by atoms with Crippen molar-refractivity contribution < 1.29 is 4.74 Å². The number of halogens is 1. The number of benzene rings is 1. The van der Waals surface area contributed by atoms with E-state index in [1.165, 1.54) is 17.5 Å². The summed E-state index contributed by atoms with van der Waals surface area (Å²) in [6.07, 6.45) is 2.30. The standard InChI is InChI=1S/C12H17BrO/c1-3-14-12-7-6-10(2)11(9-12)5-4-8-13/h6-7,9H,3-5,8H2,1-2H3. The Bertz CT molecular complexity index is 284. The molecule has 0 aliphatic carbocycles. The van der Waals surface area contributed by atoms with Crippen molar-refractivity contribution in [2.75, 3.05) is 11.9 Å². The molecule has 0 atom stereocenters. The average molecular weight is 257 g/mol. The Morgan fingerprint density at radius 3 is 2.79 bits per heavy atom. The molecule has 0 unspecified atom stereocenters. The Morgan fingerprint density at radius 1 is 1.36 bits per heavy atom. The molecule has 1 rings (SSSR count). The van der Waals surface area contributed by atoms with E-state index in [1.54, 1.807) is 0 Å². The Morgan fingerprint density at radius 2 is 2.14 bits per heavy atom. The first kappa shape index (κ1) is 11.6. The zero-order chi connectivity index (χ0) is 10.4. The summed E-state index contributed by atoms with van der Waals surface area (Å²) in [5.74, 6) is 0.989. The maximum atomic E-state index is 5.47. The molecule has 1 aromatic carbocycles. The van der Waals surface area contributed by atoms with Crippen LogP contribution in [-0.4, -0.2) is 11.9 Å². The van der Waals surface area contributed by atoms with Crippen molar-refractivity contribution in [2.24, 2.45) is 0 Å². The molecule has 0 fully saturated rings. The molecule has 0 amide bonds. The third-order valence-electron chi connectivity index (χ3n) is 2.21. The van der Waals surface area contributed by atoms with E-state index in [4.69, 9.17) is 4.74 Å². The fourth-order valence-corrected chi connectivity index (χ4v) is 1.71. The predicted molar refractivity (Wildman–Crippen MR) is 64.5 cm³/mol. The smallest absolute Gasteiger partial charge is 0.119 e. The molecule has 0 bridgehead atoms. The molecule has 1 nitrogen and oxygen atoms in total. The molecule has 2 heteroatoms. The number of rotatable bonds is 5. The first-order chi connectivity index (χ1) is 6.77. The summed E-state index contributed by atoms with van der Waals surface area (Å²) < 4.78 is 5.47. The van der Waals surface area contributed by atoms with Crippen molar-refractivity contribution >= 4 is 15.9 Å². The van der Waals surface area contributed by atoms with Crippen molar-refractivity contribution in [3.8, 4) is 5.75 Å². The normalized spacial score (nSPS) is 10.2. The summed E-state index contributed by atoms with van der Waals surface area (Å²) in [4.78, 5) is 0. The minimum atomic E-state index is 0.737. The van der Waals surface area contributed by atoms with E-state index in [9.17, 15) is 0 Å². The summed E-state index contributed by atoms with van der Waals surface area (Å²) in [6, 6.07) is 6.33. The molecule has 0 spiro atoms. The highest BCUT2D eigenvalue weighted by molar-refractivity contribution is 9.09. The van der Waals surface area contributed by atoms with Gasteiger partial charge in [-0.15, -0.1) is 0 Å². The fraction of sp³-hybridized carbons (Fsp3) is 0.500. The second-order valence-electron chi connectivity index (χ2n) is 3.31. The van der Waals surface area contributed by atoms with Crippen LogP contribution in [0.1, 0.15) is 24.5 Å². The molecule has 0 saturated carbocycles. The molecule has 0 N–H and O–H groups in total. The highest BCUT2D eigenvalue weighted by Crippen LogP contribution is 2.19. The van der Waals surface area contributed by atoms with Crippen LogP contribution >= 0.6 is 15.9 Å². The van der Waals surface area contributed by atoms with Gasteiger partial charge in [-0.05, 0) is 49.9 Å². The van der Waals surface area contributed by atoms with E-state index in [0.29, 0.717) is 0 Å². The van der Waals surface area contributed by atoms with Gasteiger partial charge in [0.05, 0.1) is 6.61 Å². The Labute approximate surface area is 94.6 Å². The summed E-state index contributed by atoms with van der Waals surface area (Å²) in [7, 11) is 0. The minimum Gasteiger partial charge on any atom is -0.494 e. The average Bonchev–Trinajstić information content (AvgIpc) is 2.19. The van der Waals surface area contributed by atoms with Gasteiger partial charge < -0.3 is 4.74 Å². The molecule has 14 heavy (non-hydrogen) atoms. The molecule has 0 aliphatic heterocycles. The SMILES string of the molecule is CCOc1ccc(C)c(CCCBr)c1.